The van der Waals surface area contributed by atoms with Crippen molar-refractivity contribution in [1.29, 1.82) is 0 Å². The van der Waals surface area contributed by atoms with E-state index < -0.39 is 5.54 Å². The molecule has 1 aromatic heterocycles. The molecule has 3 heterocycles. The summed E-state index contributed by atoms with van der Waals surface area (Å²) < 4.78 is 12.3. The molecule has 0 bridgehead atoms. The van der Waals surface area contributed by atoms with Crippen LogP contribution in [-0.2, 0) is 10.3 Å². The van der Waals surface area contributed by atoms with Crippen molar-refractivity contribution >= 4 is 6.02 Å². The zero-order chi connectivity index (χ0) is 20.3. The Bertz CT molecular complexity index is 1090. The van der Waals surface area contributed by atoms with Crippen LogP contribution in [0.2, 0.25) is 0 Å². The van der Waals surface area contributed by atoms with Gasteiger partial charge in [0.15, 0.2) is 0 Å². The maximum absolute atomic E-state index is 6.55. The van der Waals surface area contributed by atoms with Gasteiger partial charge < -0.3 is 15.2 Å². The minimum atomic E-state index is -0.517. The van der Waals surface area contributed by atoms with E-state index in [1.54, 1.807) is 6.20 Å². The molecule has 1 atom stereocenters. The highest BCUT2D eigenvalue weighted by molar-refractivity contribution is 5.76. The SMILES string of the molecule is CC#Cc1cncc(-c2ccc3c(c2)C2(COC(N)=N2)C2(CCC2)C(C)(C)O3)c1. The van der Waals surface area contributed by atoms with Crippen molar-refractivity contribution in [3.8, 4) is 28.7 Å². The monoisotopic (exact) mass is 387 g/mol. The van der Waals surface area contributed by atoms with Gasteiger partial charge in [0.25, 0.3) is 6.02 Å². The molecule has 29 heavy (non-hydrogen) atoms. The second kappa shape index (κ2) is 6.00. The highest BCUT2D eigenvalue weighted by atomic mass is 16.5. The molecule has 1 fully saturated rings. The van der Waals surface area contributed by atoms with Gasteiger partial charge in [-0.25, -0.2) is 4.99 Å². The fourth-order valence-corrected chi connectivity index (χ4v) is 5.42. The summed E-state index contributed by atoms with van der Waals surface area (Å²) in [6.07, 6.45) is 6.91. The zero-order valence-electron chi connectivity index (χ0n) is 17.1. The van der Waals surface area contributed by atoms with Gasteiger partial charge in [0, 0.05) is 34.5 Å². The van der Waals surface area contributed by atoms with Crippen LogP contribution in [0.1, 0.15) is 51.2 Å². The molecule has 5 rings (SSSR count). The van der Waals surface area contributed by atoms with Gasteiger partial charge >= 0.3 is 0 Å². The minimum absolute atomic E-state index is 0.124. The number of hydrogen-bond donors (Lipinski definition) is 1. The fraction of sp³-hybridized carbons (Fsp3) is 0.417. The molecule has 1 unspecified atom stereocenters. The molecular formula is C24H25N3O2. The van der Waals surface area contributed by atoms with Crippen LogP contribution in [0, 0.1) is 17.3 Å². The molecule has 1 aromatic carbocycles. The number of aromatic nitrogens is 1. The predicted octanol–water partition coefficient (Wildman–Crippen LogP) is 4.00. The van der Waals surface area contributed by atoms with E-state index in [0.717, 1.165) is 40.8 Å². The van der Waals surface area contributed by atoms with Gasteiger partial charge in [-0.2, -0.15) is 0 Å². The topological polar surface area (TPSA) is 69.7 Å². The normalized spacial score (nSPS) is 25.1. The number of nitrogens with zero attached hydrogens (tertiary/aromatic N) is 2. The van der Waals surface area contributed by atoms with E-state index in [-0.39, 0.29) is 17.0 Å². The lowest BCUT2D eigenvalue weighted by atomic mass is 9.47. The standard InChI is InChI=1S/C24H25N3O2/c1-4-6-16-11-18(14-26-13-16)17-7-8-20-19(12-17)24(15-28-21(25)27-24)23(9-5-10-23)22(2,3)29-20/h7-8,11-14H,5,9-10,15H2,1-3H3,(H2,25,27). The van der Waals surface area contributed by atoms with Crippen molar-refractivity contribution in [2.45, 2.75) is 51.2 Å². The Kier molecular flexibility index (Phi) is 3.73. The Labute approximate surface area is 171 Å². The van der Waals surface area contributed by atoms with Crippen LogP contribution in [0.25, 0.3) is 11.1 Å². The lowest BCUT2D eigenvalue weighted by Gasteiger charge is -2.62. The van der Waals surface area contributed by atoms with Gasteiger partial charge in [-0.05, 0) is 57.4 Å². The first-order chi connectivity index (χ1) is 13.9. The van der Waals surface area contributed by atoms with Crippen LogP contribution >= 0.6 is 0 Å². The molecule has 2 aliphatic heterocycles. The van der Waals surface area contributed by atoms with E-state index in [0.29, 0.717) is 6.61 Å². The van der Waals surface area contributed by atoms with Crippen LogP contribution in [0.4, 0.5) is 0 Å². The third-order valence-corrected chi connectivity index (χ3v) is 7.01. The molecule has 1 saturated carbocycles. The van der Waals surface area contributed by atoms with Crippen LogP contribution in [-0.4, -0.2) is 23.2 Å². The number of ether oxygens (including phenoxy) is 2. The first-order valence-corrected chi connectivity index (χ1v) is 10.1. The number of aliphatic imine (C=N–C) groups is 1. The molecule has 0 amide bonds. The number of pyridine rings is 1. The van der Waals surface area contributed by atoms with Crippen LogP contribution in [0.15, 0.2) is 41.7 Å². The van der Waals surface area contributed by atoms with Gasteiger partial charge in [-0.3, -0.25) is 4.98 Å². The zero-order valence-corrected chi connectivity index (χ0v) is 17.1. The summed E-state index contributed by atoms with van der Waals surface area (Å²) in [5.74, 6) is 6.87. The van der Waals surface area contributed by atoms with Crippen LogP contribution in [0.5, 0.6) is 5.75 Å². The lowest BCUT2D eigenvalue weighted by molar-refractivity contribution is -0.157. The Hall–Kier alpha value is -3.00. The van der Waals surface area contributed by atoms with Crippen molar-refractivity contribution in [3.05, 3.63) is 47.8 Å². The van der Waals surface area contributed by atoms with Gasteiger partial charge in [0.2, 0.25) is 0 Å². The Morgan fingerprint density at radius 3 is 2.59 bits per heavy atom. The molecule has 1 aliphatic carbocycles. The van der Waals surface area contributed by atoms with E-state index in [1.807, 2.05) is 19.2 Å². The van der Waals surface area contributed by atoms with E-state index in [1.165, 1.54) is 6.42 Å². The highest BCUT2D eigenvalue weighted by Crippen LogP contribution is 2.67. The number of hydrogen-bond acceptors (Lipinski definition) is 5. The highest BCUT2D eigenvalue weighted by Gasteiger charge is 2.69. The third kappa shape index (κ3) is 2.35. The largest absolute Gasteiger partial charge is 0.487 e. The third-order valence-electron chi connectivity index (χ3n) is 7.01. The molecule has 0 saturated heterocycles. The quantitative estimate of drug-likeness (QED) is 0.751. The predicted molar refractivity (Wildman–Crippen MR) is 112 cm³/mol. The summed E-state index contributed by atoms with van der Waals surface area (Å²) in [5, 5.41) is 0. The fourth-order valence-electron chi connectivity index (χ4n) is 5.42. The van der Waals surface area contributed by atoms with E-state index in [2.05, 4.69) is 48.9 Å². The number of benzene rings is 1. The van der Waals surface area contributed by atoms with Crippen LogP contribution < -0.4 is 10.5 Å². The number of amidine groups is 1. The minimum Gasteiger partial charge on any atom is -0.487 e. The molecule has 3 aliphatic rings. The maximum atomic E-state index is 6.55. The summed E-state index contributed by atoms with van der Waals surface area (Å²) in [5.41, 5.74) is 9.10. The van der Waals surface area contributed by atoms with Crippen molar-refractivity contribution in [1.82, 2.24) is 4.98 Å². The summed E-state index contributed by atoms with van der Waals surface area (Å²) >= 11 is 0. The summed E-state index contributed by atoms with van der Waals surface area (Å²) in [7, 11) is 0. The smallest absolute Gasteiger partial charge is 0.283 e. The van der Waals surface area contributed by atoms with Crippen molar-refractivity contribution in [3.63, 3.8) is 0 Å². The number of nitrogens with two attached hydrogens (primary N) is 1. The Morgan fingerprint density at radius 2 is 1.93 bits per heavy atom. The molecular weight excluding hydrogens is 362 g/mol. The second-order valence-electron chi connectivity index (χ2n) is 8.70. The first-order valence-electron chi connectivity index (χ1n) is 10.1. The van der Waals surface area contributed by atoms with E-state index in [4.69, 9.17) is 20.2 Å². The van der Waals surface area contributed by atoms with E-state index in [9.17, 15) is 0 Å². The Morgan fingerprint density at radius 1 is 1.10 bits per heavy atom. The molecule has 148 valence electrons. The summed E-state index contributed by atoms with van der Waals surface area (Å²) in [4.78, 5) is 9.29. The van der Waals surface area contributed by atoms with Crippen molar-refractivity contribution in [2.24, 2.45) is 16.1 Å². The average molecular weight is 387 g/mol. The molecule has 2 spiro atoms. The van der Waals surface area contributed by atoms with Crippen molar-refractivity contribution in [2.75, 3.05) is 6.61 Å². The average Bonchev–Trinajstić information content (AvgIpc) is 3.02. The molecule has 0 radical (unpaired) electrons. The van der Waals surface area contributed by atoms with Gasteiger partial charge in [-0.1, -0.05) is 18.4 Å². The summed E-state index contributed by atoms with van der Waals surface area (Å²) in [6, 6.07) is 8.63. The maximum Gasteiger partial charge on any atom is 0.283 e. The van der Waals surface area contributed by atoms with Crippen LogP contribution in [0.3, 0.4) is 0 Å². The number of rotatable bonds is 1. The van der Waals surface area contributed by atoms with Crippen molar-refractivity contribution < 1.29 is 9.47 Å². The summed E-state index contributed by atoms with van der Waals surface area (Å²) in [6.45, 7) is 6.63. The van der Waals surface area contributed by atoms with Gasteiger partial charge in [-0.15, -0.1) is 5.92 Å². The molecule has 2 N–H and O–H groups in total. The number of fused-ring (bicyclic) bond motifs is 3. The lowest BCUT2D eigenvalue weighted by Crippen LogP contribution is -2.66. The van der Waals surface area contributed by atoms with Gasteiger partial charge in [0.1, 0.15) is 23.5 Å². The van der Waals surface area contributed by atoms with E-state index >= 15 is 0 Å². The van der Waals surface area contributed by atoms with Gasteiger partial charge in [0.05, 0.1) is 0 Å². The molecule has 5 heteroatoms. The molecule has 2 aromatic rings. The second-order valence-corrected chi connectivity index (χ2v) is 8.70. The molecule has 5 nitrogen and oxygen atoms in total. The first kappa shape index (κ1) is 18.1. The Balaban J connectivity index is 1.71.